The third kappa shape index (κ3) is 3.93. The molecule has 1 unspecified atom stereocenters. The lowest BCUT2D eigenvalue weighted by atomic mass is 10.1. The molecule has 1 aromatic rings. The summed E-state index contributed by atoms with van der Waals surface area (Å²) in [6.45, 7) is 12.1. The van der Waals surface area contributed by atoms with Gasteiger partial charge in [0.25, 0.3) is 0 Å². The van der Waals surface area contributed by atoms with Crippen molar-refractivity contribution in [3.8, 4) is 0 Å². The first-order valence-electron chi connectivity index (χ1n) is 7.49. The number of aryl methyl sites for hydroxylation is 1. The third-order valence-electron chi connectivity index (χ3n) is 3.73. The van der Waals surface area contributed by atoms with Crippen LogP contribution in [0.3, 0.4) is 0 Å². The zero-order valence-corrected chi connectivity index (χ0v) is 14.5. The van der Waals surface area contributed by atoms with E-state index in [0.29, 0.717) is 0 Å². The first-order chi connectivity index (χ1) is 9.79. The van der Waals surface area contributed by atoms with Crippen LogP contribution in [0.15, 0.2) is 6.20 Å². The Bertz CT molecular complexity index is 500. The van der Waals surface area contributed by atoms with Gasteiger partial charge in [0.1, 0.15) is 0 Å². The number of amides is 2. The fraction of sp³-hybridized carbons (Fsp3) is 0.733. The van der Waals surface area contributed by atoms with Crippen LogP contribution in [0, 0.1) is 6.92 Å². The molecule has 118 valence electrons. The summed E-state index contributed by atoms with van der Waals surface area (Å²) < 4.78 is 1.97. The van der Waals surface area contributed by atoms with Crippen molar-refractivity contribution in [2.24, 2.45) is 0 Å². The van der Waals surface area contributed by atoms with Crippen LogP contribution < -0.4 is 5.32 Å². The van der Waals surface area contributed by atoms with Gasteiger partial charge in [-0.15, -0.1) is 0 Å². The van der Waals surface area contributed by atoms with Gasteiger partial charge in [0.05, 0.1) is 17.3 Å². The summed E-state index contributed by atoms with van der Waals surface area (Å²) >= 11 is 1.90. The largest absolute Gasteiger partial charge is 0.331 e. The molecule has 0 saturated carbocycles. The van der Waals surface area contributed by atoms with Crippen molar-refractivity contribution in [1.82, 2.24) is 20.0 Å². The molecule has 1 N–H and O–H groups in total. The number of hydrogen-bond donors (Lipinski definition) is 1. The van der Waals surface area contributed by atoms with Gasteiger partial charge >= 0.3 is 6.03 Å². The summed E-state index contributed by atoms with van der Waals surface area (Å²) in [6.07, 6.45) is 2.05. The molecule has 2 rings (SSSR count). The van der Waals surface area contributed by atoms with Gasteiger partial charge in [-0.2, -0.15) is 16.9 Å². The Morgan fingerprint density at radius 1 is 1.38 bits per heavy atom. The molecule has 5 nitrogen and oxygen atoms in total. The third-order valence-corrected chi connectivity index (χ3v) is 4.67. The molecule has 0 aromatic carbocycles. The van der Waals surface area contributed by atoms with E-state index in [1.54, 1.807) is 0 Å². The molecule has 1 aliphatic rings. The molecule has 1 fully saturated rings. The monoisotopic (exact) mass is 310 g/mol. The van der Waals surface area contributed by atoms with E-state index in [9.17, 15) is 4.79 Å². The van der Waals surface area contributed by atoms with Crippen LogP contribution >= 0.6 is 11.8 Å². The SMILES string of the molecule is Cc1nn(C(C)(C)C)cc1C(C)NC(=O)N1CCSCC1. The van der Waals surface area contributed by atoms with Crippen LogP contribution in [0.2, 0.25) is 0 Å². The predicted molar refractivity (Wildman–Crippen MR) is 87.8 cm³/mol. The number of carbonyl (C=O) groups excluding carboxylic acids is 1. The molecule has 21 heavy (non-hydrogen) atoms. The topological polar surface area (TPSA) is 50.2 Å². The van der Waals surface area contributed by atoms with E-state index in [0.717, 1.165) is 35.9 Å². The Morgan fingerprint density at radius 3 is 2.52 bits per heavy atom. The molecule has 1 atom stereocenters. The minimum Gasteiger partial charge on any atom is -0.331 e. The Labute approximate surface area is 131 Å². The van der Waals surface area contributed by atoms with E-state index >= 15 is 0 Å². The average Bonchev–Trinajstić information content (AvgIpc) is 2.82. The van der Waals surface area contributed by atoms with Crippen molar-refractivity contribution in [1.29, 1.82) is 0 Å². The number of urea groups is 1. The number of aromatic nitrogens is 2. The van der Waals surface area contributed by atoms with Gasteiger partial charge < -0.3 is 10.2 Å². The molecule has 2 heterocycles. The van der Waals surface area contributed by atoms with E-state index in [1.165, 1.54) is 0 Å². The Hall–Kier alpha value is -1.17. The van der Waals surface area contributed by atoms with Crippen molar-refractivity contribution < 1.29 is 4.79 Å². The van der Waals surface area contributed by atoms with Crippen LogP contribution in [-0.2, 0) is 5.54 Å². The van der Waals surface area contributed by atoms with E-state index in [-0.39, 0.29) is 17.6 Å². The summed E-state index contributed by atoms with van der Waals surface area (Å²) in [5, 5.41) is 7.67. The Kier molecular flexibility index (Phi) is 4.86. The van der Waals surface area contributed by atoms with Crippen LogP contribution in [0.5, 0.6) is 0 Å². The highest BCUT2D eigenvalue weighted by atomic mass is 32.2. The van der Waals surface area contributed by atoms with Gasteiger partial charge in [-0.1, -0.05) is 0 Å². The molecule has 0 aliphatic carbocycles. The van der Waals surface area contributed by atoms with Gasteiger partial charge in [0.2, 0.25) is 0 Å². The number of nitrogens with one attached hydrogen (secondary N) is 1. The summed E-state index contributed by atoms with van der Waals surface area (Å²) in [4.78, 5) is 14.2. The second-order valence-electron chi connectivity index (χ2n) is 6.56. The minimum atomic E-state index is -0.0448. The second-order valence-corrected chi connectivity index (χ2v) is 7.78. The molecular formula is C15H26N4OS. The van der Waals surface area contributed by atoms with Gasteiger partial charge in [-0.25, -0.2) is 4.79 Å². The standard InChI is InChI=1S/C15H26N4OS/c1-11(16-14(20)18-6-8-21-9-7-18)13-10-19(15(3,4)5)17-12(13)2/h10-11H,6-9H2,1-5H3,(H,16,20). The average molecular weight is 310 g/mol. The molecule has 6 heteroatoms. The lowest BCUT2D eigenvalue weighted by Crippen LogP contribution is -2.45. The molecular weight excluding hydrogens is 284 g/mol. The molecule has 1 saturated heterocycles. The molecule has 1 aromatic heterocycles. The summed E-state index contributed by atoms with van der Waals surface area (Å²) in [7, 11) is 0. The number of thioether (sulfide) groups is 1. The lowest BCUT2D eigenvalue weighted by molar-refractivity contribution is 0.199. The van der Waals surface area contributed by atoms with E-state index in [4.69, 9.17) is 0 Å². The van der Waals surface area contributed by atoms with Gasteiger partial charge in [0, 0.05) is 36.4 Å². The highest BCUT2D eigenvalue weighted by molar-refractivity contribution is 7.99. The van der Waals surface area contributed by atoms with Crippen LogP contribution in [-0.4, -0.2) is 45.3 Å². The van der Waals surface area contributed by atoms with Crippen molar-refractivity contribution in [3.63, 3.8) is 0 Å². The molecule has 2 amide bonds. The first kappa shape index (κ1) is 16.2. The molecule has 0 radical (unpaired) electrons. The highest BCUT2D eigenvalue weighted by Gasteiger charge is 2.22. The summed E-state index contributed by atoms with van der Waals surface area (Å²) in [5.41, 5.74) is 2.02. The second kappa shape index (κ2) is 6.30. The Balaban J connectivity index is 2.04. The lowest BCUT2D eigenvalue weighted by Gasteiger charge is -2.28. The van der Waals surface area contributed by atoms with E-state index in [2.05, 4.69) is 31.2 Å². The highest BCUT2D eigenvalue weighted by Crippen LogP contribution is 2.21. The van der Waals surface area contributed by atoms with Crippen LogP contribution in [0.4, 0.5) is 4.79 Å². The summed E-state index contributed by atoms with van der Waals surface area (Å²) in [6, 6.07) is 0.00823. The smallest absolute Gasteiger partial charge is 0.317 e. The quantitative estimate of drug-likeness (QED) is 0.914. The van der Waals surface area contributed by atoms with E-state index in [1.807, 2.05) is 41.4 Å². The number of carbonyl (C=O) groups is 1. The maximum absolute atomic E-state index is 12.3. The zero-order chi connectivity index (χ0) is 15.6. The van der Waals surface area contributed by atoms with Crippen molar-refractivity contribution in [2.45, 2.75) is 46.2 Å². The predicted octanol–water partition coefficient (Wildman–Crippen LogP) is 2.77. The maximum Gasteiger partial charge on any atom is 0.317 e. The van der Waals surface area contributed by atoms with Crippen molar-refractivity contribution in [2.75, 3.05) is 24.6 Å². The van der Waals surface area contributed by atoms with E-state index < -0.39 is 0 Å². The molecule has 1 aliphatic heterocycles. The Morgan fingerprint density at radius 2 is 2.00 bits per heavy atom. The van der Waals surface area contributed by atoms with Crippen LogP contribution in [0.25, 0.3) is 0 Å². The molecule has 0 bridgehead atoms. The number of rotatable bonds is 2. The molecule has 0 spiro atoms. The summed E-state index contributed by atoms with van der Waals surface area (Å²) in [5.74, 6) is 2.06. The van der Waals surface area contributed by atoms with Gasteiger partial charge in [-0.05, 0) is 34.6 Å². The maximum atomic E-state index is 12.3. The first-order valence-corrected chi connectivity index (χ1v) is 8.64. The van der Waals surface area contributed by atoms with Crippen LogP contribution in [0.1, 0.15) is 45.0 Å². The number of nitrogens with zero attached hydrogens (tertiary/aromatic N) is 3. The van der Waals surface area contributed by atoms with Crippen molar-refractivity contribution in [3.05, 3.63) is 17.5 Å². The normalized spacial score (nSPS) is 17.7. The minimum absolute atomic E-state index is 0.0248. The van der Waals surface area contributed by atoms with Gasteiger partial charge in [0.15, 0.2) is 0 Å². The fourth-order valence-corrected chi connectivity index (χ4v) is 3.27. The van der Waals surface area contributed by atoms with Gasteiger partial charge in [-0.3, -0.25) is 4.68 Å². The van der Waals surface area contributed by atoms with Crippen molar-refractivity contribution >= 4 is 17.8 Å². The number of hydrogen-bond acceptors (Lipinski definition) is 3. The zero-order valence-electron chi connectivity index (χ0n) is 13.6. The fourth-order valence-electron chi connectivity index (χ4n) is 2.36.